The van der Waals surface area contributed by atoms with Gasteiger partial charge in [-0.25, -0.2) is 10.2 Å². The molecule has 0 saturated carbocycles. The number of phenolic OH excluding ortho intramolecular Hbond substituents is 1. The van der Waals surface area contributed by atoms with Crippen LogP contribution in [0.2, 0.25) is 5.02 Å². The minimum absolute atomic E-state index is 0.118. The smallest absolute Gasteiger partial charge is 0.427 e. The fourth-order valence-corrected chi connectivity index (χ4v) is 1.27. The summed E-state index contributed by atoms with van der Waals surface area (Å²) < 4.78 is 9.22. The number of halogens is 1. The van der Waals surface area contributed by atoms with E-state index in [0.717, 1.165) is 0 Å². The largest absolute Gasteiger partial charge is 0.504 e. The summed E-state index contributed by atoms with van der Waals surface area (Å²) in [6.07, 6.45) is 0.510. The molecule has 17 heavy (non-hydrogen) atoms. The molecule has 0 bridgehead atoms. The molecule has 0 atom stereocenters. The minimum atomic E-state index is -0.713. The number of hydrogen-bond acceptors (Lipinski definition) is 5. The Morgan fingerprint density at radius 3 is 2.82 bits per heavy atom. The topological polar surface area (TPSA) is 80.2 Å². The van der Waals surface area contributed by atoms with E-state index in [4.69, 9.17) is 16.3 Å². The van der Waals surface area contributed by atoms with E-state index >= 15 is 0 Å². The second-order valence-corrected chi connectivity index (χ2v) is 3.34. The Morgan fingerprint density at radius 1 is 1.53 bits per heavy atom. The number of nitrogens with one attached hydrogen (secondary N) is 1. The molecule has 1 aromatic rings. The monoisotopic (exact) mass is 258 g/mol. The van der Waals surface area contributed by atoms with Crippen LogP contribution in [0.25, 0.3) is 0 Å². The number of hydrogen-bond donors (Lipinski definition) is 2. The van der Waals surface area contributed by atoms with E-state index in [0.29, 0.717) is 10.6 Å². The highest BCUT2D eigenvalue weighted by Crippen LogP contribution is 2.32. The van der Waals surface area contributed by atoms with E-state index in [2.05, 4.69) is 15.3 Å². The number of ether oxygens (including phenoxy) is 2. The van der Waals surface area contributed by atoms with Gasteiger partial charge in [0.1, 0.15) is 0 Å². The quantitative estimate of drug-likeness (QED) is 0.639. The van der Waals surface area contributed by atoms with Gasteiger partial charge in [0.05, 0.1) is 20.4 Å². The molecule has 1 rings (SSSR count). The molecule has 0 saturated heterocycles. The third-order valence-electron chi connectivity index (χ3n) is 1.83. The predicted octanol–water partition coefficient (Wildman–Crippen LogP) is 1.74. The molecule has 0 aliphatic rings. The molecule has 1 amide bonds. The number of hydrazone groups is 1. The van der Waals surface area contributed by atoms with Gasteiger partial charge in [-0.2, -0.15) is 5.10 Å². The SMILES string of the molecule is COC(=O)N/N=C/c1cc(Cl)cc(OC)c1O. The first-order valence-electron chi connectivity index (χ1n) is 4.52. The number of benzene rings is 1. The van der Waals surface area contributed by atoms with Crippen molar-refractivity contribution in [2.45, 2.75) is 0 Å². The Hall–Kier alpha value is -1.95. The van der Waals surface area contributed by atoms with Crippen LogP contribution in [0.5, 0.6) is 11.5 Å². The van der Waals surface area contributed by atoms with E-state index in [1.807, 2.05) is 0 Å². The van der Waals surface area contributed by atoms with E-state index in [1.54, 1.807) is 0 Å². The van der Waals surface area contributed by atoms with E-state index in [-0.39, 0.29) is 11.5 Å². The van der Waals surface area contributed by atoms with Crippen molar-refractivity contribution in [3.8, 4) is 11.5 Å². The van der Waals surface area contributed by atoms with Crippen LogP contribution in [-0.2, 0) is 4.74 Å². The molecule has 2 N–H and O–H groups in total. The maximum atomic E-state index is 10.7. The van der Waals surface area contributed by atoms with Gasteiger partial charge in [-0.05, 0) is 6.07 Å². The summed E-state index contributed by atoms with van der Waals surface area (Å²) in [4.78, 5) is 10.7. The molecule has 92 valence electrons. The van der Waals surface area contributed by atoms with Crippen LogP contribution in [0.3, 0.4) is 0 Å². The predicted molar refractivity (Wildman–Crippen MR) is 62.8 cm³/mol. The lowest BCUT2D eigenvalue weighted by Crippen LogP contribution is -2.16. The first-order chi connectivity index (χ1) is 8.08. The van der Waals surface area contributed by atoms with Crippen LogP contribution in [0.15, 0.2) is 17.2 Å². The van der Waals surface area contributed by atoms with Crippen LogP contribution in [-0.4, -0.2) is 31.6 Å². The van der Waals surface area contributed by atoms with E-state index in [9.17, 15) is 9.90 Å². The lowest BCUT2D eigenvalue weighted by Gasteiger charge is -2.06. The number of amides is 1. The lowest BCUT2D eigenvalue weighted by molar-refractivity contribution is 0.171. The lowest BCUT2D eigenvalue weighted by atomic mass is 10.2. The highest BCUT2D eigenvalue weighted by Gasteiger charge is 2.08. The molecule has 0 fully saturated rings. The van der Waals surface area contributed by atoms with Crippen molar-refractivity contribution in [2.24, 2.45) is 5.10 Å². The minimum Gasteiger partial charge on any atom is -0.504 e. The Morgan fingerprint density at radius 2 is 2.24 bits per heavy atom. The van der Waals surface area contributed by atoms with E-state index < -0.39 is 6.09 Å². The van der Waals surface area contributed by atoms with Crippen LogP contribution in [0.4, 0.5) is 4.79 Å². The molecule has 0 heterocycles. The maximum absolute atomic E-state index is 10.7. The average molecular weight is 259 g/mol. The summed E-state index contributed by atoms with van der Waals surface area (Å²) in [5.41, 5.74) is 2.39. The number of nitrogens with zero attached hydrogens (tertiary/aromatic N) is 1. The van der Waals surface area contributed by atoms with Crippen LogP contribution >= 0.6 is 11.6 Å². The molecule has 0 spiro atoms. The second kappa shape index (κ2) is 5.95. The highest BCUT2D eigenvalue weighted by molar-refractivity contribution is 6.31. The zero-order chi connectivity index (χ0) is 12.8. The molecule has 0 aliphatic carbocycles. The van der Waals surface area contributed by atoms with Crippen molar-refractivity contribution >= 4 is 23.9 Å². The summed E-state index contributed by atoms with van der Waals surface area (Å²) in [6, 6.07) is 2.93. The van der Waals surface area contributed by atoms with Gasteiger partial charge in [-0.15, -0.1) is 0 Å². The normalized spacial score (nSPS) is 10.3. The first-order valence-corrected chi connectivity index (χ1v) is 4.89. The number of carbonyl (C=O) groups excluding carboxylic acids is 1. The summed E-state index contributed by atoms with van der Waals surface area (Å²) in [7, 11) is 2.61. The van der Waals surface area contributed by atoms with Crippen LogP contribution in [0, 0.1) is 0 Å². The summed E-state index contributed by atoms with van der Waals surface area (Å²) in [6.45, 7) is 0. The Labute approximate surface area is 103 Å². The Kier molecular flexibility index (Phi) is 4.59. The van der Waals surface area contributed by atoms with Gasteiger partial charge in [-0.1, -0.05) is 11.6 Å². The van der Waals surface area contributed by atoms with Gasteiger partial charge in [0.25, 0.3) is 0 Å². The van der Waals surface area contributed by atoms with Crippen LogP contribution < -0.4 is 10.2 Å². The number of aromatic hydroxyl groups is 1. The number of methoxy groups -OCH3 is 2. The fraction of sp³-hybridized carbons (Fsp3) is 0.200. The van der Waals surface area contributed by atoms with Crippen molar-refractivity contribution in [3.05, 3.63) is 22.7 Å². The zero-order valence-electron chi connectivity index (χ0n) is 9.23. The molecular formula is C10H11ClN2O4. The number of phenols is 1. The molecular weight excluding hydrogens is 248 g/mol. The summed E-state index contributed by atoms with van der Waals surface area (Å²) >= 11 is 5.80. The molecule has 6 nitrogen and oxygen atoms in total. The van der Waals surface area contributed by atoms with Crippen molar-refractivity contribution in [1.29, 1.82) is 0 Å². The van der Waals surface area contributed by atoms with Crippen molar-refractivity contribution in [2.75, 3.05) is 14.2 Å². The van der Waals surface area contributed by atoms with Gasteiger partial charge in [0.15, 0.2) is 11.5 Å². The third kappa shape index (κ3) is 3.53. The van der Waals surface area contributed by atoms with Crippen molar-refractivity contribution in [3.63, 3.8) is 0 Å². The van der Waals surface area contributed by atoms with E-state index in [1.165, 1.54) is 32.6 Å². The average Bonchev–Trinajstić information content (AvgIpc) is 2.32. The fourth-order valence-electron chi connectivity index (χ4n) is 1.05. The van der Waals surface area contributed by atoms with Crippen molar-refractivity contribution in [1.82, 2.24) is 5.43 Å². The zero-order valence-corrected chi connectivity index (χ0v) is 9.99. The molecule has 1 aromatic carbocycles. The van der Waals surface area contributed by atoms with Gasteiger partial charge < -0.3 is 14.6 Å². The number of rotatable bonds is 3. The maximum Gasteiger partial charge on any atom is 0.427 e. The summed E-state index contributed by atoms with van der Waals surface area (Å²) in [5.74, 6) is 0.101. The molecule has 0 aromatic heterocycles. The van der Waals surface area contributed by atoms with Crippen LogP contribution in [0.1, 0.15) is 5.56 Å². The van der Waals surface area contributed by atoms with Crippen molar-refractivity contribution < 1.29 is 19.4 Å². The summed E-state index contributed by atoms with van der Waals surface area (Å²) in [5, 5.41) is 13.7. The Bertz CT molecular complexity index is 448. The third-order valence-corrected chi connectivity index (χ3v) is 2.05. The molecule has 0 unspecified atom stereocenters. The first kappa shape index (κ1) is 13.1. The highest BCUT2D eigenvalue weighted by atomic mass is 35.5. The van der Waals surface area contributed by atoms with Gasteiger partial charge in [0, 0.05) is 16.7 Å². The Balaban J connectivity index is 2.90. The van der Waals surface area contributed by atoms with Gasteiger partial charge in [0.2, 0.25) is 0 Å². The molecule has 0 radical (unpaired) electrons. The second-order valence-electron chi connectivity index (χ2n) is 2.91. The van der Waals surface area contributed by atoms with Gasteiger partial charge >= 0.3 is 6.09 Å². The molecule has 0 aliphatic heterocycles. The standard InChI is InChI=1S/C10H11ClN2O4/c1-16-8-4-7(11)3-6(9(8)14)5-12-13-10(15)17-2/h3-5,14H,1-2H3,(H,13,15)/b12-5+. The number of carbonyl (C=O) groups is 1. The van der Waals surface area contributed by atoms with Gasteiger partial charge in [-0.3, -0.25) is 0 Å². The molecule has 7 heteroatoms.